The number of benzene rings is 2. The van der Waals surface area contributed by atoms with Gasteiger partial charge in [0, 0.05) is 28.4 Å². The van der Waals surface area contributed by atoms with Gasteiger partial charge in [-0.3, -0.25) is 9.59 Å². The van der Waals surface area contributed by atoms with Crippen molar-refractivity contribution in [3.63, 3.8) is 0 Å². The summed E-state index contributed by atoms with van der Waals surface area (Å²) in [4.78, 5) is 34.7. The largest absolute Gasteiger partial charge is 0.478 e. The third kappa shape index (κ3) is 6.82. The summed E-state index contributed by atoms with van der Waals surface area (Å²) >= 11 is 1.38. The Morgan fingerprint density at radius 3 is 2.12 bits per heavy atom. The summed E-state index contributed by atoms with van der Waals surface area (Å²) in [7, 11) is 0. The van der Waals surface area contributed by atoms with Crippen molar-refractivity contribution in [2.75, 3.05) is 16.4 Å². The van der Waals surface area contributed by atoms with Gasteiger partial charge in [-0.1, -0.05) is 17.7 Å². The number of hydrogen-bond acceptors (Lipinski definition) is 4. The highest BCUT2D eigenvalue weighted by Crippen LogP contribution is 2.21. The van der Waals surface area contributed by atoms with E-state index in [4.69, 9.17) is 5.11 Å². The number of anilines is 2. The summed E-state index contributed by atoms with van der Waals surface area (Å²) in [5.74, 6) is -1.54. The molecule has 2 amide bonds. The van der Waals surface area contributed by atoms with E-state index in [1.807, 2.05) is 31.2 Å². The third-order valence-corrected chi connectivity index (χ3v) is 4.22. The van der Waals surface area contributed by atoms with Gasteiger partial charge >= 0.3 is 5.97 Å². The van der Waals surface area contributed by atoms with Crippen LogP contribution in [0.15, 0.2) is 65.6 Å². The van der Waals surface area contributed by atoms with Crippen LogP contribution in [0, 0.1) is 6.92 Å². The maximum atomic E-state index is 12.0. The van der Waals surface area contributed by atoms with Crippen molar-refractivity contribution in [1.29, 1.82) is 0 Å². The lowest BCUT2D eigenvalue weighted by Gasteiger charge is -2.06. The third-order valence-electron chi connectivity index (χ3n) is 3.20. The maximum absolute atomic E-state index is 12.0. The van der Waals surface area contributed by atoms with Gasteiger partial charge in [-0.15, -0.1) is 11.8 Å². The van der Waals surface area contributed by atoms with Crippen LogP contribution in [0.25, 0.3) is 0 Å². The van der Waals surface area contributed by atoms with Gasteiger partial charge in [0.05, 0.1) is 5.75 Å². The number of hydrogen-bond donors (Lipinski definition) is 3. The molecule has 0 spiro atoms. The predicted octanol–water partition coefficient (Wildman–Crippen LogP) is 3.31. The lowest BCUT2D eigenvalue weighted by Crippen LogP contribution is -2.13. The number of carboxylic acids is 1. The van der Waals surface area contributed by atoms with Crippen molar-refractivity contribution in [3.05, 3.63) is 66.2 Å². The number of carbonyl (C=O) groups is 3. The van der Waals surface area contributed by atoms with Crippen molar-refractivity contribution >= 4 is 40.9 Å². The number of carboxylic acid groups (broad SMARTS) is 1. The fraction of sp³-hybridized carbons (Fsp3) is 0.105. The van der Waals surface area contributed by atoms with E-state index >= 15 is 0 Å². The first-order chi connectivity index (χ1) is 12.4. The van der Waals surface area contributed by atoms with E-state index in [0.29, 0.717) is 5.69 Å². The fourth-order valence-electron chi connectivity index (χ4n) is 1.95. The van der Waals surface area contributed by atoms with Crippen LogP contribution < -0.4 is 10.6 Å². The molecule has 0 saturated heterocycles. The molecular weight excluding hydrogens is 352 g/mol. The molecular formula is C19H18N2O4S. The normalized spacial score (nSPS) is 10.5. The minimum atomic E-state index is -1.18. The Kier molecular flexibility index (Phi) is 6.99. The van der Waals surface area contributed by atoms with E-state index in [9.17, 15) is 14.4 Å². The highest BCUT2D eigenvalue weighted by Gasteiger charge is 2.05. The molecule has 3 N–H and O–H groups in total. The topological polar surface area (TPSA) is 95.5 Å². The van der Waals surface area contributed by atoms with Crippen LogP contribution in [-0.2, 0) is 14.4 Å². The molecule has 2 aromatic carbocycles. The van der Waals surface area contributed by atoms with E-state index < -0.39 is 11.9 Å². The molecule has 6 nitrogen and oxygen atoms in total. The monoisotopic (exact) mass is 370 g/mol. The molecule has 0 fully saturated rings. The molecule has 0 radical (unpaired) electrons. The fourth-order valence-corrected chi connectivity index (χ4v) is 2.65. The van der Waals surface area contributed by atoms with Gasteiger partial charge in [-0.25, -0.2) is 4.79 Å². The van der Waals surface area contributed by atoms with Crippen LogP contribution in [-0.4, -0.2) is 28.6 Å². The molecule has 0 unspecified atom stereocenters. The first kappa shape index (κ1) is 19.3. The molecule has 0 saturated carbocycles. The van der Waals surface area contributed by atoms with Gasteiger partial charge in [0.2, 0.25) is 11.8 Å². The number of thioether (sulfide) groups is 1. The smallest absolute Gasteiger partial charge is 0.328 e. The molecule has 0 aliphatic heterocycles. The minimum absolute atomic E-state index is 0.102. The van der Waals surface area contributed by atoms with Crippen LogP contribution in [0.2, 0.25) is 0 Å². The van der Waals surface area contributed by atoms with Gasteiger partial charge < -0.3 is 15.7 Å². The van der Waals surface area contributed by atoms with Gasteiger partial charge in [0.25, 0.3) is 0 Å². The van der Waals surface area contributed by atoms with E-state index in [1.54, 1.807) is 24.3 Å². The summed E-state index contributed by atoms with van der Waals surface area (Å²) in [5, 5.41) is 13.8. The number of amides is 2. The average Bonchev–Trinajstić information content (AvgIpc) is 2.61. The molecule has 26 heavy (non-hydrogen) atoms. The Morgan fingerprint density at radius 1 is 0.923 bits per heavy atom. The average molecular weight is 370 g/mol. The summed E-state index contributed by atoms with van der Waals surface area (Å²) in [6, 6.07) is 14.5. The first-order valence-corrected chi connectivity index (χ1v) is 8.72. The molecule has 134 valence electrons. The maximum Gasteiger partial charge on any atom is 0.328 e. The Bertz CT molecular complexity index is 814. The lowest BCUT2D eigenvalue weighted by molar-refractivity contribution is -0.131. The van der Waals surface area contributed by atoms with E-state index in [0.717, 1.165) is 28.3 Å². The zero-order valence-electron chi connectivity index (χ0n) is 14.1. The predicted molar refractivity (Wildman–Crippen MR) is 102 cm³/mol. The van der Waals surface area contributed by atoms with Gasteiger partial charge in [0.15, 0.2) is 0 Å². The molecule has 0 aliphatic rings. The van der Waals surface area contributed by atoms with Crippen LogP contribution in [0.4, 0.5) is 11.4 Å². The van der Waals surface area contributed by atoms with Crippen molar-refractivity contribution in [2.24, 2.45) is 0 Å². The van der Waals surface area contributed by atoms with Crippen molar-refractivity contribution in [3.8, 4) is 0 Å². The zero-order chi connectivity index (χ0) is 18.9. The van der Waals surface area contributed by atoms with Crippen LogP contribution >= 0.6 is 11.8 Å². The van der Waals surface area contributed by atoms with Crippen molar-refractivity contribution in [1.82, 2.24) is 0 Å². The molecule has 0 atom stereocenters. The number of aliphatic carboxylic acids is 1. The quantitative estimate of drug-likeness (QED) is 0.513. The summed E-state index contributed by atoms with van der Waals surface area (Å²) in [6.07, 6.45) is 1.71. The molecule has 2 rings (SSSR count). The van der Waals surface area contributed by atoms with Crippen LogP contribution in [0.5, 0.6) is 0 Å². The summed E-state index contributed by atoms with van der Waals surface area (Å²) in [6.45, 7) is 1.98. The summed E-state index contributed by atoms with van der Waals surface area (Å²) < 4.78 is 0. The van der Waals surface area contributed by atoms with Crippen molar-refractivity contribution < 1.29 is 19.5 Å². The second-order valence-electron chi connectivity index (χ2n) is 5.39. The number of nitrogens with one attached hydrogen (secondary N) is 2. The molecule has 0 heterocycles. The van der Waals surface area contributed by atoms with E-state index in [-0.39, 0.29) is 11.7 Å². The van der Waals surface area contributed by atoms with Crippen LogP contribution in [0.3, 0.4) is 0 Å². The second-order valence-corrected chi connectivity index (χ2v) is 6.44. The molecule has 0 aliphatic carbocycles. The van der Waals surface area contributed by atoms with Gasteiger partial charge in [0.1, 0.15) is 0 Å². The molecule has 7 heteroatoms. The van der Waals surface area contributed by atoms with Crippen molar-refractivity contribution in [2.45, 2.75) is 11.8 Å². The zero-order valence-corrected chi connectivity index (χ0v) is 14.9. The highest BCUT2D eigenvalue weighted by molar-refractivity contribution is 8.00. The second kappa shape index (κ2) is 9.43. The van der Waals surface area contributed by atoms with Gasteiger partial charge in [-0.2, -0.15) is 0 Å². The summed E-state index contributed by atoms with van der Waals surface area (Å²) in [5.41, 5.74) is 2.43. The van der Waals surface area contributed by atoms with Gasteiger partial charge in [-0.05, 0) is 43.3 Å². The molecule has 0 bridgehead atoms. The number of rotatable bonds is 7. The lowest BCUT2D eigenvalue weighted by atomic mass is 10.2. The standard InChI is InChI=1S/C19H18N2O4S/c1-13-2-4-14(5-3-13)21-18(23)12-26-16-8-6-15(7-9-16)20-17(22)10-11-19(24)25/h2-11H,12H2,1H3,(H,20,22)(H,21,23)(H,24,25)/b11-10+. The Balaban J connectivity index is 1.81. The number of aryl methyl sites for hydroxylation is 1. The SMILES string of the molecule is Cc1ccc(NC(=O)CSc2ccc(NC(=O)/C=C/C(=O)O)cc2)cc1. The molecule has 2 aromatic rings. The molecule has 0 aromatic heterocycles. The highest BCUT2D eigenvalue weighted by atomic mass is 32.2. The van der Waals surface area contributed by atoms with E-state index in [1.165, 1.54) is 11.8 Å². The Hall–Kier alpha value is -3.06. The Labute approximate surface area is 155 Å². The first-order valence-electron chi connectivity index (χ1n) is 7.74. The minimum Gasteiger partial charge on any atom is -0.478 e. The number of carbonyl (C=O) groups excluding carboxylic acids is 2. The Morgan fingerprint density at radius 2 is 1.50 bits per heavy atom. The van der Waals surface area contributed by atoms with E-state index in [2.05, 4.69) is 10.6 Å². The van der Waals surface area contributed by atoms with Crippen LogP contribution in [0.1, 0.15) is 5.56 Å².